The van der Waals surface area contributed by atoms with Gasteiger partial charge in [0.25, 0.3) is 0 Å². The van der Waals surface area contributed by atoms with Crippen molar-refractivity contribution in [2.45, 2.75) is 10.9 Å². The fourth-order valence-corrected chi connectivity index (χ4v) is 3.69. The van der Waals surface area contributed by atoms with E-state index in [1.807, 2.05) is 4.72 Å². The summed E-state index contributed by atoms with van der Waals surface area (Å²) in [5.74, 6) is -3.56. The highest BCUT2D eigenvalue weighted by atomic mass is 32.2. The first kappa shape index (κ1) is 15.5. The van der Waals surface area contributed by atoms with Crippen molar-refractivity contribution < 1.29 is 27.1 Å². The number of rotatable bonds is 5. The number of benzene rings is 1. The average molecular weight is 333 g/mol. The van der Waals surface area contributed by atoms with E-state index >= 15 is 0 Å². The Balaban J connectivity index is 2.40. The Bertz CT molecular complexity index is 760. The van der Waals surface area contributed by atoms with Gasteiger partial charge >= 0.3 is 5.97 Å². The molecule has 1 heterocycles. The number of carbonyl (C=O) groups is 1. The SMILES string of the molecule is O=C(O)C(NS(=O)(=O)c1cc(F)ccc1F)c1cccs1. The van der Waals surface area contributed by atoms with E-state index in [1.54, 1.807) is 11.4 Å². The molecule has 5 nitrogen and oxygen atoms in total. The molecule has 2 N–H and O–H groups in total. The quantitative estimate of drug-likeness (QED) is 0.878. The molecule has 2 rings (SSSR count). The van der Waals surface area contributed by atoms with Crippen LogP contribution in [0, 0.1) is 11.6 Å². The van der Waals surface area contributed by atoms with Gasteiger partial charge in [0.1, 0.15) is 16.5 Å². The maximum Gasteiger partial charge on any atom is 0.327 e. The molecule has 1 atom stereocenters. The van der Waals surface area contributed by atoms with Crippen LogP contribution in [0.25, 0.3) is 0 Å². The third-order valence-electron chi connectivity index (χ3n) is 2.53. The summed E-state index contributed by atoms with van der Waals surface area (Å²) in [5, 5.41) is 10.7. The Morgan fingerprint density at radius 2 is 2.00 bits per heavy atom. The fraction of sp³-hybridized carbons (Fsp3) is 0.0833. The summed E-state index contributed by atoms with van der Waals surface area (Å²) in [6.45, 7) is 0. The normalized spacial score (nSPS) is 13.0. The third-order valence-corrected chi connectivity index (χ3v) is 4.91. The highest BCUT2D eigenvalue weighted by molar-refractivity contribution is 7.89. The summed E-state index contributed by atoms with van der Waals surface area (Å²) in [6, 6.07) is 3.32. The molecule has 0 saturated carbocycles. The third kappa shape index (κ3) is 3.43. The van der Waals surface area contributed by atoms with Gasteiger partial charge in [-0.1, -0.05) is 6.07 Å². The first-order chi connectivity index (χ1) is 9.81. The molecule has 2 aromatic rings. The van der Waals surface area contributed by atoms with Crippen molar-refractivity contribution in [3.8, 4) is 0 Å². The minimum absolute atomic E-state index is 0.225. The number of sulfonamides is 1. The average Bonchev–Trinajstić information content (AvgIpc) is 2.92. The highest BCUT2D eigenvalue weighted by Gasteiger charge is 2.29. The van der Waals surface area contributed by atoms with Crippen LogP contribution < -0.4 is 4.72 Å². The standard InChI is InChI=1S/C12H9F2NO4S2/c13-7-3-4-8(14)10(6-7)21(18,19)15-11(12(16)17)9-2-1-5-20-9/h1-6,11,15H,(H,16,17). The van der Waals surface area contributed by atoms with Gasteiger partial charge in [-0.2, -0.15) is 4.72 Å². The summed E-state index contributed by atoms with van der Waals surface area (Å²) in [6.07, 6.45) is 0. The molecule has 0 spiro atoms. The highest BCUT2D eigenvalue weighted by Crippen LogP contribution is 2.23. The maximum atomic E-state index is 13.5. The van der Waals surface area contributed by atoms with Crippen LogP contribution in [0.5, 0.6) is 0 Å². The lowest BCUT2D eigenvalue weighted by atomic mass is 10.3. The molecule has 0 aliphatic carbocycles. The van der Waals surface area contributed by atoms with Crippen molar-refractivity contribution in [2.24, 2.45) is 0 Å². The van der Waals surface area contributed by atoms with E-state index in [1.165, 1.54) is 6.07 Å². The second kappa shape index (κ2) is 5.88. The van der Waals surface area contributed by atoms with E-state index in [0.717, 1.165) is 17.4 Å². The number of carboxylic acid groups (broad SMARTS) is 1. The van der Waals surface area contributed by atoms with Gasteiger partial charge in [0.15, 0.2) is 6.04 Å². The minimum atomic E-state index is -4.52. The summed E-state index contributed by atoms with van der Waals surface area (Å²) < 4.78 is 52.5. The molecule has 9 heteroatoms. The van der Waals surface area contributed by atoms with E-state index in [9.17, 15) is 22.0 Å². The zero-order valence-electron chi connectivity index (χ0n) is 10.3. The van der Waals surface area contributed by atoms with Crippen LogP contribution >= 0.6 is 11.3 Å². The van der Waals surface area contributed by atoms with Gasteiger partial charge in [-0.15, -0.1) is 11.3 Å². The zero-order valence-corrected chi connectivity index (χ0v) is 11.9. The number of nitrogens with one attached hydrogen (secondary N) is 1. The Kier molecular flexibility index (Phi) is 4.35. The largest absolute Gasteiger partial charge is 0.480 e. The lowest BCUT2D eigenvalue weighted by Crippen LogP contribution is -2.33. The Morgan fingerprint density at radius 1 is 1.29 bits per heavy atom. The monoisotopic (exact) mass is 333 g/mol. The summed E-state index contributed by atoms with van der Waals surface area (Å²) in [4.78, 5) is 10.5. The molecule has 1 aromatic heterocycles. The molecule has 112 valence electrons. The molecule has 0 saturated heterocycles. The molecule has 0 amide bonds. The van der Waals surface area contributed by atoms with Gasteiger partial charge in [0.2, 0.25) is 10.0 Å². The second-order valence-electron chi connectivity index (χ2n) is 3.98. The van der Waals surface area contributed by atoms with Gasteiger partial charge < -0.3 is 5.11 Å². The number of carboxylic acids is 1. The number of aliphatic carboxylic acids is 1. The molecule has 0 aliphatic rings. The van der Waals surface area contributed by atoms with Crippen molar-refractivity contribution in [2.75, 3.05) is 0 Å². The van der Waals surface area contributed by atoms with E-state index in [-0.39, 0.29) is 4.88 Å². The molecule has 1 aromatic carbocycles. The lowest BCUT2D eigenvalue weighted by molar-refractivity contribution is -0.139. The molecule has 0 fully saturated rings. The molecule has 1 unspecified atom stereocenters. The molecule has 0 bridgehead atoms. The van der Waals surface area contributed by atoms with E-state index < -0.39 is 38.6 Å². The Morgan fingerprint density at radius 3 is 2.57 bits per heavy atom. The predicted molar refractivity (Wildman–Crippen MR) is 71.4 cm³/mol. The van der Waals surface area contributed by atoms with Crippen LogP contribution in [-0.2, 0) is 14.8 Å². The van der Waals surface area contributed by atoms with Crippen LogP contribution in [0.3, 0.4) is 0 Å². The fourth-order valence-electron chi connectivity index (χ4n) is 1.59. The number of thiophene rings is 1. The number of hydrogen-bond acceptors (Lipinski definition) is 4. The summed E-state index contributed by atoms with van der Waals surface area (Å²) in [5.41, 5.74) is 0. The summed E-state index contributed by atoms with van der Waals surface area (Å²) >= 11 is 1.03. The van der Waals surface area contributed by atoms with Gasteiger partial charge in [-0.05, 0) is 29.6 Å². The van der Waals surface area contributed by atoms with Crippen molar-refractivity contribution >= 4 is 27.3 Å². The Hall–Kier alpha value is -1.84. The molecule has 0 radical (unpaired) electrons. The van der Waals surface area contributed by atoms with Crippen LogP contribution in [0.15, 0.2) is 40.6 Å². The summed E-state index contributed by atoms with van der Waals surface area (Å²) in [7, 11) is -4.52. The van der Waals surface area contributed by atoms with Crippen LogP contribution in [0.4, 0.5) is 8.78 Å². The minimum Gasteiger partial charge on any atom is -0.480 e. The predicted octanol–water partition coefficient (Wildman–Crippen LogP) is 2.13. The van der Waals surface area contributed by atoms with Gasteiger partial charge in [0, 0.05) is 4.88 Å². The van der Waals surface area contributed by atoms with Crippen molar-refractivity contribution in [3.05, 3.63) is 52.2 Å². The Labute approximate surface area is 122 Å². The number of halogens is 2. The second-order valence-corrected chi connectivity index (χ2v) is 6.64. The maximum absolute atomic E-state index is 13.5. The smallest absolute Gasteiger partial charge is 0.327 e. The first-order valence-corrected chi connectivity index (χ1v) is 7.91. The van der Waals surface area contributed by atoms with Crippen molar-refractivity contribution in [1.82, 2.24) is 4.72 Å². The van der Waals surface area contributed by atoms with Crippen LogP contribution in [0.2, 0.25) is 0 Å². The van der Waals surface area contributed by atoms with E-state index in [4.69, 9.17) is 5.11 Å². The molecular weight excluding hydrogens is 324 g/mol. The van der Waals surface area contributed by atoms with E-state index in [0.29, 0.717) is 12.1 Å². The van der Waals surface area contributed by atoms with Crippen molar-refractivity contribution in [1.29, 1.82) is 0 Å². The van der Waals surface area contributed by atoms with Crippen LogP contribution in [0.1, 0.15) is 10.9 Å². The van der Waals surface area contributed by atoms with Crippen molar-refractivity contribution in [3.63, 3.8) is 0 Å². The molecule has 21 heavy (non-hydrogen) atoms. The lowest BCUT2D eigenvalue weighted by Gasteiger charge is -2.13. The zero-order chi connectivity index (χ0) is 15.6. The first-order valence-electron chi connectivity index (χ1n) is 5.55. The molecular formula is C12H9F2NO4S2. The number of hydrogen-bond donors (Lipinski definition) is 2. The van der Waals surface area contributed by atoms with Gasteiger partial charge in [-0.25, -0.2) is 17.2 Å². The van der Waals surface area contributed by atoms with Gasteiger partial charge in [-0.3, -0.25) is 4.79 Å². The van der Waals surface area contributed by atoms with E-state index in [2.05, 4.69) is 0 Å². The topological polar surface area (TPSA) is 83.5 Å². The molecule has 0 aliphatic heterocycles. The van der Waals surface area contributed by atoms with Gasteiger partial charge in [0.05, 0.1) is 0 Å². The van der Waals surface area contributed by atoms with Crippen LogP contribution in [-0.4, -0.2) is 19.5 Å².